The van der Waals surface area contributed by atoms with E-state index in [1.807, 2.05) is 12.4 Å². The molecule has 2 unspecified atom stereocenters. The number of nitrogens with zero attached hydrogens (tertiary/aromatic N) is 1. The third kappa shape index (κ3) is 2.98. The number of rotatable bonds is 4. The largest absolute Gasteiger partial charge is 0.327 e. The molecule has 0 aromatic carbocycles. The van der Waals surface area contributed by atoms with E-state index in [1.165, 1.54) is 31.2 Å². The van der Waals surface area contributed by atoms with Crippen LogP contribution in [0, 0.1) is 0 Å². The number of nitrogens with two attached hydrogens (primary N) is 1. The number of pyridine rings is 1. The second kappa shape index (κ2) is 5.69. The molecule has 1 aromatic rings. The summed E-state index contributed by atoms with van der Waals surface area (Å²) in [5.41, 5.74) is 7.43. The summed E-state index contributed by atoms with van der Waals surface area (Å²) >= 11 is 2.06. The van der Waals surface area contributed by atoms with Gasteiger partial charge >= 0.3 is 0 Å². The first-order valence-corrected chi connectivity index (χ1v) is 7.02. The summed E-state index contributed by atoms with van der Waals surface area (Å²) in [7, 11) is 0. The maximum atomic E-state index is 6.11. The van der Waals surface area contributed by atoms with Gasteiger partial charge in [-0.05, 0) is 37.5 Å². The molecule has 1 aromatic heterocycles. The number of hydrogen-bond acceptors (Lipinski definition) is 3. The Morgan fingerprint density at radius 2 is 1.94 bits per heavy atom. The van der Waals surface area contributed by atoms with E-state index >= 15 is 0 Å². The van der Waals surface area contributed by atoms with Crippen molar-refractivity contribution in [2.75, 3.05) is 0 Å². The third-order valence-electron chi connectivity index (χ3n) is 3.15. The van der Waals surface area contributed by atoms with Crippen LogP contribution in [0.25, 0.3) is 0 Å². The lowest BCUT2D eigenvalue weighted by Gasteiger charge is -2.23. The average Bonchev–Trinajstić information content (AvgIpc) is 2.79. The van der Waals surface area contributed by atoms with Gasteiger partial charge in [0.25, 0.3) is 0 Å². The van der Waals surface area contributed by atoms with Gasteiger partial charge < -0.3 is 5.73 Å². The van der Waals surface area contributed by atoms with Crippen LogP contribution in [-0.2, 0) is 0 Å². The Kier molecular flexibility index (Phi) is 4.24. The average molecular weight is 236 g/mol. The van der Waals surface area contributed by atoms with E-state index < -0.39 is 0 Å². The predicted molar refractivity (Wildman–Crippen MR) is 70.5 cm³/mol. The monoisotopic (exact) mass is 236 g/mol. The van der Waals surface area contributed by atoms with Crippen LogP contribution in [0.2, 0.25) is 0 Å². The van der Waals surface area contributed by atoms with Gasteiger partial charge in [0.15, 0.2) is 0 Å². The summed E-state index contributed by atoms with van der Waals surface area (Å²) in [5.74, 6) is 0. The molecule has 1 heterocycles. The Bertz CT molecular complexity index is 307. The Labute approximate surface area is 102 Å². The summed E-state index contributed by atoms with van der Waals surface area (Å²) < 4.78 is 0. The normalized spacial score (nSPS) is 20.9. The van der Waals surface area contributed by atoms with E-state index in [2.05, 4.69) is 35.8 Å². The fourth-order valence-electron chi connectivity index (χ4n) is 2.29. The van der Waals surface area contributed by atoms with Gasteiger partial charge in [-0.15, -0.1) is 11.8 Å². The molecule has 1 aliphatic rings. The van der Waals surface area contributed by atoms with Crippen molar-refractivity contribution < 1.29 is 0 Å². The number of hydrogen-bond donors (Lipinski definition) is 1. The van der Waals surface area contributed by atoms with Gasteiger partial charge in [-0.25, -0.2) is 0 Å². The maximum Gasteiger partial charge on any atom is 0.0449 e. The van der Waals surface area contributed by atoms with Crippen molar-refractivity contribution in [2.24, 2.45) is 5.73 Å². The first kappa shape index (κ1) is 11.9. The molecule has 88 valence electrons. The van der Waals surface area contributed by atoms with E-state index in [0.29, 0.717) is 5.25 Å². The van der Waals surface area contributed by atoms with Crippen molar-refractivity contribution in [1.29, 1.82) is 0 Å². The van der Waals surface area contributed by atoms with Crippen LogP contribution in [0.15, 0.2) is 24.5 Å². The van der Waals surface area contributed by atoms with Gasteiger partial charge in [0.2, 0.25) is 0 Å². The quantitative estimate of drug-likeness (QED) is 0.873. The second-order valence-corrected chi connectivity index (χ2v) is 6.05. The molecule has 3 heteroatoms. The SMILES string of the molecule is CC(N)C(SC1CCCC1)c1ccncc1. The third-order valence-corrected chi connectivity index (χ3v) is 5.00. The number of aromatic nitrogens is 1. The zero-order chi connectivity index (χ0) is 11.4. The standard InChI is InChI=1S/C13H20N2S/c1-10(14)13(11-6-8-15-9-7-11)16-12-4-2-3-5-12/h6-10,12-13H,2-5,14H2,1H3. The molecule has 16 heavy (non-hydrogen) atoms. The Morgan fingerprint density at radius 1 is 1.31 bits per heavy atom. The zero-order valence-corrected chi connectivity index (χ0v) is 10.6. The summed E-state index contributed by atoms with van der Waals surface area (Å²) in [5, 5.41) is 1.23. The number of thioether (sulfide) groups is 1. The van der Waals surface area contributed by atoms with Crippen LogP contribution < -0.4 is 5.73 Å². The molecular weight excluding hydrogens is 216 g/mol. The van der Waals surface area contributed by atoms with Crippen LogP contribution >= 0.6 is 11.8 Å². The maximum absolute atomic E-state index is 6.11. The van der Waals surface area contributed by atoms with E-state index in [9.17, 15) is 0 Å². The van der Waals surface area contributed by atoms with Gasteiger partial charge in [-0.2, -0.15) is 0 Å². The molecule has 0 bridgehead atoms. The van der Waals surface area contributed by atoms with E-state index in [-0.39, 0.29) is 6.04 Å². The predicted octanol–water partition coefficient (Wildman–Crippen LogP) is 3.15. The Morgan fingerprint density at radius 3 is 2.50 bits per heavy atom. The fourth-order valence-corrected chi connectivity index (χ4v) is 3.87. The highest BCUT2D eigenvalue weighted by Gasteiger charge is 2.24. The first-order chi connectivity index (χ1) is 7.77. The molecule has 0 saturated heterocycles. The molecule has 2 atom stereocenters. The van der Waals surface area contributed by atoms with Crippen molar-refractivity contribution >= 4 is 11.8 Å². The molecule has 2 rings (SSSR count). The van der Waals surface area contributed by atoms with Crippen LogP contribution in [0.5, 0.6) is 0 Å². The summed E-state index contributed by atoms with van der Waals surface area (Å²) in [6.45, 7) is 2.10. The van der Waals surface area contributed by atoms with Gasteiger partial charge in [0.05, 0.1) is 0 Å². The van der Waals surface area contributed by atoms with Crippen LogP contribution in [0.1, 0.15) is 43.4 Å². The minimum Gasteiger partial charge on any atom is -0.327 e. The van der Waals surface area contributed by atoms with Crippen LogP contribution in [0.3, 0.4) is 0 Å². The fraction of sp³-hybridized carbons (Fsp3) is 0.615. The van der Waals surface area contributed by atoms with Crippen molar-refractivity contribution in [3.63, 3.8) is 0 Å². The molecule has 1 fully saturated rings. The minimum absolute atomic E-state index is 0.202. The van der Waals surface area contributed by atoms with Crippen molar-refractivity contribution in [3.05, 3.63) is 30.1 Å². The molecule has 2 nitrogen and oxygen atoms in total. The molecule has 1 aliphatic carbocycles. The van der Waals surface area contributed by atoms with E-state index in [4.69, 9.17) is 5.73 Å². The topological polar surface area (TPSA) is 38.9 Å². The van der Waals surface area contributed by atoms with Gasteiger partial charge in [-0.1, -0.05) is 12.8 Å². The molecule has 2 N–H and O–H groups in total. The summed E-state index contributed by atoms with van der Waals surface area (Å²) in [6, 6.07) is 4.39. The molecule has 0 aliphatic heterocycles. The van der Waals surface area contributed by atoms with Crippen molar-refractivity contribution in [1.82, 2.24) is 4.98 Å². The van der Waals surface area contributed by atoms with Crippen LogP contribution in [0.4, 0.5) is 0 Å². The Balaban J connectivity index is 2.05. The lowest BCUT2D eigenvalue weighted by atomic mass is 10.1. The molecule has 1 saturated carbocycles. The van der Waals surface area contributed by atoms with Gasteiger partial charge in [-0.3, -0.25) is 4.98 Å². The van der Waals surface area contributed by atoms with Crippen molar-refractivity contribution in [3.8, 4) is 0 Å². The highest BCUT2D eigenvalue weighted by atomic mass is 32.2. The molecule has 0 radical (unpaired) electrons. The van der Waals surface area contributed by atoms with Gasteiger partial charge in [0, 0.05) is 28.9 Å². The molecule has 0 amide bonds. The highest BCUT2D eigenvalue weighted by Crippen LogP contribution is 2.40. The highest BCUT2D eigenvalue weighted by molar-refractivity contribution is 8.00. The summed E-state index contributed by atoms with van der Waals surface area (Å²) in [4.78, 5) is 4.07. The lowest BCUT2D eigenvalue weighted by Crippen LogP contribution is -2.24. The molecule has 0 spiro atoms. The summed E-state index contributed by atoms with van der Waals surface area (Å²) in [6.07, 6.45) is 9.22. The molecular formula is C13H20N2S. The van der Waals surface area contributed by atoms with Gasteiger partial charge in [0.1, 0.15) is 0 Å². The minimum atomic E-state index is 0.202. The van der Waals surface area contributed by atoms with E-state index in [0.717, 1.165) is 5.25 Å². The second-order valence-electron chi connectivity index (χ2n) is 4.60. The smallest absolute Gasteiger partial charge is 0.0449 e. The lowest BCUT2D eigenvalue weighted by molar-refractivity contribution is 0.713. The van der Waals surface area contributed by atoms with Crippen molar-refractivity contribution in [2.45, 2.75) is 49.1 Å². The Hall–Kier alpha value is -0.540. The van der Waals surface area contributed by atoms with E-state index in [1.54, 1.807) is 0 Å². The zero-order valence-electron chi connectivity index (χ0n) is 9.80. The van der Waals surface area contributed by atoms with Crippen LogP contribution in [-0.4, -0.2) is 16.3 Å². The first-order valence-electron chi connectivity index (χ1n) is 6.08.